The standard InChI is InChI=1S/C33H26IN3O5S/c1-42-26-16-10-21(11-17-26)18-28(36-31(39)22-6-3-2-4-7-22)32(40)35-24-8-5-9-27(19-24)43-29-20-30(38)37(33(29)41)25-14-12-23(34)13-15-25/h2-19,29H,20H2,1H3,(H,35,40)(H,36,39)/b28-18-/t29-/m0/s1. The van der Waals surface area contributed by atoms with Crippen LogP contribution in [-0.4, -0.2) is 36.0 Å². The van der Waals surface area contributed by atoms with E-state index in [4.69, 9.17) is 4.74 Å². The number of ether oxygens (including phenoxy) is 1. The fourth-order valence-corrected chi connectivity index (χ4v) is 5.85. The number of imide groups is 1. The first-order chi connectivity index (χ1) is 20.8. The van der Waals surface area contributed by atoms with Crippen LogP contribution < -0.4 is 20.3 Å². The van der Waals surface area contributed by atoms with Gasteiger partial charge < -0.3 is 15.4 Å². The number of nitrogens with zero attached hydrogens (tertiary/aromatic N) is 1. The molecule has 1 atom stereocenters. The number of nitrogens with one attached hydrogen (secondary N) is 2. The Balaban J connectivity index is 1.32. The first kappa shape index (κ1) is 30.1. The van der Waals surface area contributed by atoms with Crippen LogP contribution in [0.15, 0.2) is 114 Å². The third-order valence-corrected chi connectivity index (χ3v) is 8.41. The molecule has 43 heavy (non-hydrogen) atoms. The Kier molecular flexibility index (Phi) is 9.58. The van der Waals surface area contributed by atoms with Crippen molar-refractivity contribution in [3.05, 3.63) is 124 Å². The number of thioether (sulfide) groups is 1. The average Bonchev–Trinajstić information content (AvgIpc) is 3.30. The minimum atomic E-state index is -0.589. The summed E-state index contributed by atoms with van der Waals surface area (Å²) in [4.78, 5) is 54.2. The van der Waals surface area contributed by atoms with Crippen LogP contribution in [-0.2, 0) is 14.4 Å². The van der Waals surface area contributed by atoms with Crippen LogP contribution in [0, 0.1) is 3.57 Å². The van der Waals surface area contributed by atoms with Crippen molar-refractivity contribution < 1.29 is 23.9 Å². The number of carbonyl (C=O) groups is 4. The number of methoxy groups -OCH3 is 1. The van der Waals surface area contributed by atoms with Gasteiger partial charge in [0.2, 0.25) is 11.8 Å². The smallest absolute Gasteiger partial charge is 0.272 e. The Morgan fingerprint density at radius 3 is 2.35 bits per heavy atom. The molecule has 0 aromatic heterocycles. The van der Waals surface area contributed by atoms with Crippen molar-refractivity contribution in [3.8, 4) is 5.75 Å². The molecular weight excluding hydrogens is 677 g/mol. The number of benzene rings is 4. The third kappa shape index (κ3) is 7.51. The molecule has 8 nitrogen and oxygen atoms in total. The van der Waals surface area contributed by atoms with Crippen molar-refractivity contribution in [2.45, 2.75) is 16.6 Å². The highest BCUT2D eigenvalue weighted by Gasteiger charge is 2.40. The third-order valence-electron chi connectivity index (χ3n) is 6.52. The summed E-state index contributed by atoms with van der Waals surface area (Å²) in [6.07, 6.45) is 1.66. The van der Waals surface area contributed by atoms with Crippen molar-refractivity contribution >= 4 is 75.4 Å². The molecule has 1 aliphatic rings. The Hall–Kier alpha value is -4.42. The number of amides is 4. The second kappa shape index (κ2) is 13.7. The second-order valence-electron chi connectivity index (χ2n) is 9.49. The molecule has 5 rings (SSSR count). The zero-order valence-corrected chi connectivity index (χ0v) is 25.9. The molecule has 0 radical (unpaired) electrons. The molecule has 0 unspecified atom stereocenters. The van der Waals surface area contributed by atoms with Gasteiger partial charge in [-0.25, -0.2) is 4.90 Å². The van der Waals surface area contributed by atoms with Gasteiger partial charge in [-0.05, 0) is 101 Å². The van der Waals surface area contributed by atoms with E-state index >= 15 is 0 Å². The molecule has 2 N–H and O–H groups in total. The maximum atomic E-state index is 13.5. The number of hydrogen-bond donors (Lipinski definition) is 2. The van der Waals surface area contributed by atoms with Crippen molar-refractivity contribution in [2.75, 3.05) is 17.3 Å². The van der Waals surface area contributed by atoms with Crippen molar-refractivity contribution in [1.29, 1.82) is 0 Å². The predicted octanol–water partition coefficient (Wildman–Crippen LogP) is 6.13. The number of halogens is 1. The lowest BCUT2D eigenvalue weighted by atomic mass is 10.1. The van der Waals surface area contributed by atoms with Crippen molar-refractivity contribution in [1.82, 2.24) is 5.32 Å². The van der Waals surface area contributed by atoms with Crippen LogP contribution >= 0.6 is 34.4 Å². The van der Waals surface area contributed by atoms with Gasteiger partial charge in [-0.3, -0.25) is 19.2 Å². The van der Waals surface area contributed by atoms with E-state index in [2.05, 4.69) is 33.2 Å². The molecule has 0 bridgehead atoms. The summed E-state index contributed by atoms with van der Waals surface area (Å²) in [6.45, 7) is 0. The highest BCUT2D eigenvalue weighted by atomic mass is 127. The Morgan fingerprint density at radius 2 is 1.65 bits per heavy atom. The summed E-state index contributed by atoms with van der Waals surface area (Å²) < 4.78 is 6.22. The first-order valence-corrected chi connectivity index (χ1v) is 15.2. The highest BCUT2D eigenvalue weighted by Crippen LogP contribution is 2.35. The fourth-order valence-electron chi connectivity index (χ4n) is 4.38. The van der Waals surface area contributed by atoms with E-state index in [9.17, 15) is 19.2 Å². The van der Waals surface area contributed by atoms with E-state index in [1.807, 2.05) is 18.2 Å². The summed E-state index contributed by atoms with van der Waals surface area (Å²) in [5.74, 6) is -0.828. The Morgan fingerprint density at radius 1 is 0.930 bits per heavy atom. The summed E-state index contributed by atoms with van der Waals surface area (Å²) in [5.41, 5.74) is 2.15. The largest absolute Gasteiger partial charge is 0.497 e. The molecule has 1 saturated heterocycles. The minimum absolute atomic E-state index is 0.0433. The SMILES string of the molecule is COc1ccc(/C=C(\NC(=O)c2ccccc2)C(=O)Nc2cccc(S[C@H]3CC(=O)N(c4ccc(I)cc4)C3=O)c2)cc1. The zero-order chi connectivity index (χ0) is 30.3. The lowest BCUT2D eigenvalue weighted by Gasteiger charge is -2.15. The summed E-state index contributed by atoms with van der Waals surface area (Å²) in [7, 11) is 1.57. The van der Waals surface area contributed by atoms with Gasteiger partial charge >= 0.3 is 0 Å². The molecule has 1 fully saturated rings. The predicted molar refractivity (Wildman–Crippen MR) is 176 cm³/mol. The molecule has 10 heteroatoms. The number of anilines is 2. The van der Waals surface area contributed by atoms with E-state index < -0.39 is 17.1 Å². The van der Waals surface area contributed by atoms with Gasteiger partial charge in [-0.15, -0.1) is 11.8 Å². The van der Waals surface area contributed by atoms with Crippen molar-refractivity contribution in [2.24, 2.45) is 0 Å². The number of rotatable bonds is 9. The Bertz CT molecular complexity index is 1690. The van der Waals surface area contributed by atoms with Crippen LogP contribution in [0.5, 0.6) is 5.75 Å². The molecule has 1 aliphatic heterocycles. The molecule has 4 amide bonds. The lowest BCUT2D eigenvalue weighted by Crippen LogP contribution is -2.31. The quantitative estimate of drug-likeness (QED) is 0.124. The van der Waals surface area contributed by atoms with Crippen LogP contribution in [0.25, 0.3) is 6.08 Å². The van der Waals surface area contributed by atoms with Gasteiger partial charge in [0.15, 0.2) is 0 Å². The maximum absolute atomic E-state index is 13.5. The summed E-state index contributed by atoms with van der Waals surface area (Å²) >= 11 is 3.44. The van der Waals surface area contributed by atoms with Gasteiger partial charge in [0.05, 0.1) is 18.0 Å². The lowest BCUT2D eigenvalue weighted by molar-refractivity contribution is -0.121. The van der Waals surface area contributed by atoms with Gasteiger partial charge in [-0.1, -0.05) is 36.4 Å². The summed E-state index contributed by atoms with van der Waals surface area (Å²) in [6, 6.07) is 29.9. The van der Waals surface area contributed by atoms with Gasteiger partial charge in [-0.2, -0.15) is 0 Å². The van der Waals surface area contributed by atoms with E-state index in [1.54, 1.807) is 98.1 Å². The van der Waals surface area contributed by atoms with Gasteiger partial charge in [0, 0.05) is 26.1 Å². The molecule has 4 aromatic carbocycles. The van der Waals surface area contributed by atoms with Crippen LogP contribution in [0.1, 0.15) is 22.3 Å². The van der Waals surface area contributed by atoms with E-state index in [0.717, 1.165) is 3.57 Å². The topological polar surface area (TPSA) is 105 Å². The summed E-state index contributed by atoms with van der Waals surface area (Å²) in [5, 5.41) is 4.98. The van der Waals surface area contributed by atoms with Crippen LogP contribution in [0.2, 0.25) is 0 Å². The average molecular weight is 704 g/mol. The fraction of sp³-hybridized carbons (Fsp3) is 0.0909. The molecule has 216 valence electrons. The highest BCUT2D eigenvalue weighted by molar-refractivity contribution is 14.1. The zero-order valence-electron chi connectivity index (χ0n) is 23.0. The number of hydrogen-bond acceptors (Lipinski definition) is 6. The normalized spacial score (nSPS) is 14.9. The molecule has 0 spiro atoms. The van der Waals surface area contributed by atoms with Gasteiger partial charge in [0.1, 0.15) is 11.4 Å². The van der Waals surface area contributed by atoms with Gasteiger partial charge in [0.25, 0.3) is 11.8 Å². The number of carbonyl (C=O) groups excluding carboxylic acids is 4. The van der Waals surface area contributed by atoms with E-state index in [-0.39, 0.29) is 23.9 Å². The van der Waals surface area contributed by atoms with E-state index in [0.29, 0.717) is 33.1 Å². The maximum Gasteiger partial charge on any atom is 0.272 e. The van der Waals surface area contributed by atoms with Crippen molar-refractivity contribution in [3.63, 3.8) is 0 Å². The monoisotopic (exact) mass is 703 g/mol. The van der Waals surface area contributed by atoms with Crippen LogP contribution in [0.3, 0.4) is 0 Å². The molecule has 0 aliphatic carbocycles. The molecular formula is C33H26IN3O5S. The molecule has 4 aromatic rings. The second-order valence-corrected chi connectivity index (χ2v) is 12.0. The minimum Gasteiger partial charge on any atom is -0.497 e. The molecule has 1 heterocycles. The van der Waals surface area contributed by atoms with Crippen LogP contribution in [0.4, 0.5) is 11.4 Å². The Labute approximate surface area is 266 Å². The molecule has 0 saturated carbocycles. The first-order valence-electron chi connectivity index (χ1n) is 13.2. The van der Waals surface area contributed by atoms with E-state index in [1.165, 1.54) is 16.7 Å².